The summed E-state index contributed by atoms with van der Waals surface area (Å²) in [5, 5.41) is 2.81. The van der Waals surface area contributed by atoms with Crippen LogP contribution in [0.25, 0.3) is 22.3 Å². The maximum Gasteiger partial charge on any atom is 0.323 e. The number of anilines is 1. The fourth-order valence-electron chi connectivity index (χ4n) is 2.90. The van der Waals surface area contributed by atoms with Crippen LogP contribution < -0.4 is 15.7 Å². The van der Waals surface area contributed by atoms with Gasteiger partial charge in [0.15, 0.2) is 0 Å². The molecule has 4 rings (SSSR count). The Morgan fingerprint density at radius 1 is 1.04 bits per heavy atom. The van der Waals surface area contributed by atoms with Crippen molar-refractivity contribution in [3.63, 3.8) is 0 Å². The second-order valence-corrected chi connectivity index (χ2v) is 6.18. The summed E-state index contributed by atoms with van der Waals surface area (Å²) in [5.74, 6) is 0.533. The zero-order valence-corrected chi connectivity index (χ0v) is 15.2. The lowest BCUT2D eigenvalue weighted by molar-refractivity contribution is 0.102. The number of nitrogens with one attached hydrogen (secondary N) is 3. The van der Waals surface area contributed by atoms with Crippen molar-refractivity contribution >= 4 is 22.6 Å². The summed E-state index contributed by atoms with van der Waals surface area (Å²) in [6.45, 7) is 2.56. The van der Waals surface area contributed by atoms with Gasteiger partial charge in [0.25, 0.3) is 5.91 Å². The average molecular weight is 374 g/mol. The number of amides is 1. The molecule has 2 aromatic heterocycles. The summed E-state index contributed by atoms with van der Waals surface area (Å²) in [4.78, 5) is 33.5. The van der Waals surface area contributed by atoms with Gasteiger partial charge in [-0.2, -0.15) is 0 Å². The molecule has 0 aliphatic rings. The molecular weight excluding hydrogens is 356 g/mol. The fourth-order valence-corrected chi connectivity index (χ4v) is 2.90. The highest BCUT2D eigenvalue weighted by Gasteiger charge is 2.09. The number of ether oxygens (including phenoxy) is 1. The molecule has 0 spiro atoms. The van der Waals surface area contributed by atoms with Crippen LogP contribution in [0.2, 0.25) is 0 Å². The minimum absolute atomic E-state index is 0.275. The number of hydrogen-bond donors (Lipinski definition) is 3. The van der Waals surface area contributed by atoms with E-state index in [-0.39, 0.29) is 11.6 Å². The molecule has 0 atom stereocenters. The normalized spacial score (nSPS) is 10.8. The van der Waals surface area contributed by atoms with Crippen molar-refractivity contribution < 1.29 is 9.53 Å². The van der Waals surface area contributed by atoms with Gasteiger partial charge in [-0.1, -0.05) is 0 Å². The van der Waals surface area contributed by atoms with E-state index < -0.39 is 0 Å². The Morgan fingerprint density at radius 3 is 2.54 bits per heavy atom. The smallest absolute Gasteiger partial charge is 0.323 e. The number of carbonyl (C=O) groups excluding carboxylic acids is 1. The zero-order chi connectivity index (χ0) is 19.5. The minimum atomic E-state index is -0.285. The van der Waals surface area contributed by atoms with Crippen molar-refractivity contribution in [2.45, 2.75) is 6.92 Å². The molecule has 0 fully saturated rings. The maximum absolute atomic E-state index is 12.5. The highest BCUT2D eigenvalue weighted by molar-refractivity contribution is 6.04. The topological polar surface area (TPSA) is 99.9 Å². The number of aromatic amines is 2. The summed E-state index contributed by atoms with van der Waals surface area (Å²) in [7, 11) is 0. The Hall–Kier alpha value is -3.87. The summed E-state index contributed by atoms with van der Waals surface area (Å²) >= 11 is 0. The lowest BCUT2D eigenvalue weighted by Crippen LogP contribution is -2.12. The molecule has 0 saturated carbocycles. The van der Waals surface area contributed by atoms with Crippen LogP contribution in [-0.2, 0) is 0 Å². The first-order valence-corrected chi connectivity index (χ1v) is 8.85. The maximum atomic E-state index is 12.5. The van der Waals surface area contributed by atoms with Crippen LogP contribution in [0.5, 0.6) is 5.75 Å². The van der Waals surface area contributed by atoms with Gasteiger partial charge < -0.3 is 20.0 Å². The van der Waals surface area contributed by atoms with Gasteiger partial charge in [-0.3, -0.25) is 9.78 Å². The molecule has 0 radical (unpaired) electrons. The van der Waals surface area contributed by atoms with Crippen LogP contribution in [0.1, 0.15) is 17.3 Å². The number of nitrogens with zero attached hydrogens (tertiary/aromatic N) is 1. The molecule has 140 valence electrons. The van der Waals surface area contributed by atoms with Gasteiger partial charge in [-0.25, -0.2) is 4.79 Å². The van der Waals surface area contributed by atoms with Crippen LogP contribution in [0.15, 0.2) is 65.6 Å². The van der Waals surface area contributed by atoms with Crippen molar-refractivity contribution in [3.05, 3.63) is 76.8 Å². The summed E-state index contributed by atoms with van der Waals surface area (Å²) in [5.41, 5.74) is 3.77. The minimum Gasteiger partial charge on any atom is -0.494 e. The first-order valence-electron chi connectivity index (χ1n) is 8.85. The van der Waals surface area contributed by atoms with E-state index in [2.05, 4.69) is 20.3 Å². The number of hydrogen-bond acceptors (Lipinski definition) is 4. The average Bonchev–Trinajstić information content (AvgIpc) is 3.08. The molecule has 0 aliphatic carbocycles. The Labute approximate surface area is 160 Å². The second-order valence-electron chi connectivity index (χ2n) is 6.18. The molecule has 28 heavy (non-hydrogen) atoms. The highest BCUT2D eigenvalue weighted by atomic mass is 16.5. The van der Waals surface area contributed by atoms with Gasteiger partial charge in [0.1, 0.15) is 5.75 Å². The van der Waals surface area contributed by atoms with E-state index in [1.54, 1.807) is 30.3 Å². The van der Waals surface area contributed by atoms with E-state index in [1.807, 2.05) is 31.2 Å². The van der Waals surface area contributed by atoms with Gasteiger partial charge in [0, 0.05) is 17.4 Å². The zero-order valence-electron chi connectivity index (χ0n) is 15.2. The van der Waals surface area contributed by atoms with E-state index in [4.69, 9.17) is 4.74 Å². The fraction of sp³-hybridized carbons (Fsp3) is 0.0952. The molecule has 0 bridgehead atoms. The predicted molar refractivity (Wildman–Crippen MR) is 108 cm³/mol. The third-order valence-electron chi connectivity index (χ3n) is 4.26. The van der Waals surface area contributed by atoms with Crippen molar-refractivity contribution in [3.8, 4) is 17.0 Å². The van der Waals surface area contributed by atoms with Crippen LogP contribution in [0.4, 0.5) is 5.69 Å². The Balaban J connectivity index is 1.49. The number of rotatable bonds is 5. The van der Waals surface area contributed by atoms with Crippen LogP contribution in [-0.4, -0.2) is 27.5 Å². The molecule has 0 aliphatic heterocycles. The second kappa shape index (κ2) is 7.40. The van der Waals surface area contributed by atoms with E-state index >= 15 is 0 Å². The predicted octanol–water partition coefficient (Wildman–Crippen LogP) is 3.57. The third-order valence-corrected chi connectivity index (χ3v) is 4.26. The van der Waals surface area contributed by atoms with Gasteiger partial charge in [-0.15, -0.1) is 0 Å². The molecule has 4 aromatic rings. The van der Waals surface area contributed by atoms with Gasteiger partial charge in [-0.05, 0) is 61.5 Å². The van der Waals surface area contributed by atoms with E-state index in [0.717, 1.165) is 17.0 Å². The first-order chi connectivity index (χ1) is 13.6. The molecule has 7 heteroatoms. The quantitative estimate of drug-likeness (QED) is 0.497. The molecule has 0 saturated heterocycles. The Morgan fingerprint density at radius 2 is 1.82 bits per heavy atom. The molecule has 3 N–H and O–H groups in total. The van der Waals surface area contributed by atoms with Gasteiger partial charge in [0.05, 0.1) is 28.9 Å². The van der Waals surface area contributed by atoms with Gasteiger partial charge in [0.2, 0.25) is 0 Å². The number of H-pyrrole nitrogens is 2. The number of pyridine rings is 1. The van der Waals surface area contributed by atoms with Crippen molar-refractivity contribution in [1.82, 2.24) is 15.0 Å². The van der Waals surface area contributed by atoms with Crippen molar-refractivity contribution in [2.24, 2.45) is 0 Å². The summed E-state index contributed by atoms with van der Waals surface area (Å²) in [6, 6.07) is 16.3. The molecule has 0 unspecified atom stereocenters. The number of fused-ring (bicyclic) bond motifs is 1. The first kappa shape index (κ1) is 17.5. The standard InChI is InChI=1S/C21H18N4O3/c1-2-28-16-7-3-13(4-8-16)17-9-5-14(12-22-17)20(26)23-15-6-10-18-19(11-15)25-21(27)24-18/h3-12H,2H2,1H3,(H,23,26)(H2,24,25,27). The molecular formula is C21H18N4O3. The van der Waals surface area contributed by atoms with Crippen molar-refractivity contribution in [1.29, 1.82) is 0 Å². The molecule has 1 amide bonds. The summed E-state index contributed by atoms with van der Waals surface area (Å²) < 4.78 is 5.44. The lowest BCUT2D eigenvalue weighted by atomic mass is 10.1. The number of imidazole rings is 1. The number of benzene rings is 2. The molecule has 2 aromatic carbocycles. The Bertz CT molecular complexity index is 1170. The molecule has 2 heterocycles. The Kier molecular flexibility index (Phi) is 4.63. The SMILES string of the molecule is CCOc1ccc(-c2ccc(C(=O)Nc3ccc4[nH]c(=O)[nH]c4c3)cn2)cc1. The monoisotopic (exact) mass is 374 g/mol. The van der Waals surface area contributed by atoms with Crippen LogP contribution >= 0.6 is 0 Å². The molecule has 7 nitrogen and oxygen atoms in total. The third kappa shape index (κ3) is 3.64. The number of aromatic nitrogens is 3. The summed E-state index contributed by atoms with van der Waals surface area (Å²) in [6.07, 6.45) is 1.54. The lowest BCUT2D eigenvalue weighted by Gasteiger charge is -2.07. The van der Waals surface area contributed by atoms with Gasteiger partial charge >= 0.3 is 5.69 Å². The van der Waals surface area contributed by atoms with Crippen LogP contribution in [0.3, 0.4) is 0 Å². The highest BCUT2D eigenvalue weighted by Crippen LogP contribution is 2.21. The van der Waals surface area contributed by atoms with Crippen molar-refractivity contribution in [2.75, 3.05) is 11.9 Å². The van der Waals surface area contributed by atoms with E-state index in [9.17, 15) is 9.59 Å². The van der Waals surface area contributed by atoms with E-state index in [1.165, 1.54) is 6.20 Å². The van der Waals surface area contributed by atoms with E-state index in [0.29, 0.717) is 28.9 Å². The number of carbonyl (C=O) groups is 1. The largest absolute Gasteiger partial charge is 0.494 e. The van der Waals surface area contributed by atoms with Crippen LogP contribution in [0, 0.1) is 0 Å².